The number of amides is 2. The summed E-state index contributed by atoms with van der Waals surface area (Å²) in [5, 5.41) is 10.9. The molecule has 2 N–H and O–H groups in total. The molecule has 0 radical (unpaired) electrons. The predicted molar refractivity (Wildman–Crippen MR) is 142 cm³/mol. The van der Waals surface area contributed by atoms with Crippen LogP contribution in [0.25, 0.3) is 5.69 Å². The van der Waals surface area contributed by atoms with E-state index in [0.717, 1.165) is 47.0 Å². The van der Waals surface area contributed by atoms with E-state index in [0.29, 0.717) is 32.7 Å². The standard InChI is InChI=1S/C28H35N5O3/c1-4-25(34)30-26-20(3)31-33(23-12-7-6-8-13-23)28(26)32-17-15-21(16-18-32)27(35)29-19-22-11-9-10-14-24(22)36-5-2/h6-14,21H,4-5,15-19H2,1-3H3,(H,29,35)(H,30,34). The maximum absolute atomic E-state index is 13.0. The van der Waals surface area contributed by atoms with E-state index in [-0.39, 0.29) is 17.7 Å². The summed E-state index contributed by atoms with van der Waals surface area (Å²) in [6.07, 6.45) is 1.84. The minimum atomic E-state index is -0.0663. The Balaban J connectivity index is 1.47. The van der Waals surface area contributed by atoms with Crippen LogP contribution in [0.2, 0.25) is 0 Å². The maximum atomic E-state index is 13.0. The van der Waals surface area contributed by atoms with Gasteiger partial charge in [-0.1, -0.05) is 43.3 Å². The zero-order valence-electron chi connectivity index (χ0n) is 21.3. The minimum absolute atomic E-state index is 0.0476. The van der Waals surface area contributed by atoms with E-state index in [2.05, 4.69) is 15.5 Å². The fourth-order valence-electron chi connectivity index (χ4n) is 4.56. The molecular formula is C28H35N5O3. The number of aryl methyl sites for hydroxylation is 1. The molecule has 1 aromatic heterocycles. The SMILES string of the molecule is CCOc1ccccc1CNC(=O)C1CCN(c2c(NC(=O)CC)c(C)nn2-c2ccccc2)CC1. The molecule has 0 aliphatic carbocycles. The van der Waals surface area contributed by atoms with Crippen molar-refractivity contribution in [2.45, 2.75) is 46.6 Å². The van der Waals surface area contributed by atoms with Crippen LogP contribution in [-0.4, -0.2) is 41.3 Å². The van der Waals surface area contributed by atoms with Gasteiger partial charge in [0, 0.05) is 37.5 Å². The number of anilines is 2. The van der Waals surface area contributed by atoms with Crippen molar-refractivity contribution in [1.29, 1.82) is 0 Å². The van der Waals surface area contributed by atoms with Crippen molar-refractivity contribution in [3.63, 3.8) is 0 Å². The molecule has 8 heteroatoms. The second kappa shape index (κ2) is 11.7. The summed E-state index contributed by atoms with van der Waals surface area (Å²) >= 11 is 0. The Morgan fingerprint density at radius 3 is 2.42 bits per heavy atom. The third kappa shape index (κ3) is 5.70. The summed E-state index contributed by atoms with van der Waals surface area (Å²) in [5.74, 6) is 1.62. The molecular weight excluding hydrogens is 454 g/mol. The zero-order valence-corrected chi connectivity index (χ0v) is 21.3. The van der Waals surface area contributed by atoms with Crippen LogP contribution in [0.4, 0.5) is 11.5 Å². The zero-order chi connectivity index (χ0) is 25.5. The normalized spacial score (nSPS) is 13.9. The van der Waals surface area contributed by atoms with Gasteiger partial charge in [0.05, 0.1) is 18.0 Å². The second-order valence-corrected chi connectivity index (χ2v) is 8.95. The van der Waals surface area contributed by atoms with Crippen molar-refractivity contribution in [3.8, 4) is 11.4 Å². The summed E-state index contributed by atoms with van der Waals surface area (Å²) in [5.41, 5.74) is 3.41. The fraction of sp³-hybridized carbons (Fsp3) is 0.393. The molecule has 1 aliphatic heterocycles. The molecule has 0 spiro atoms. The molecule has 2 amide bonds. The Morgan fingerprint density at radius 2 is 1.72 bits per heavy atom. The number of carbonyl (C=O) groups excluding carboxylic acids is 2. The van der Waals surface area contributed by atoms with Crippen molar-refractivity contribution in [2.24, 2.45) is 5.92 Å². The molecule has 190 valence electrons. The average Bonchev–Trinajstić information content (AvgIpc) is 3.24. The summed E-state index contributed by atoms with van der Waals surface area (Å²) in [6.45, 7) is 8.12. The van der Waals surface area contributed by atoms with Crippen LogP contribution in [0, 0.1) is 12.8 Å². The molecule has 1 fully saturated rings. The molecule has 0 unspecified atom stereocenters. The highest BCUT2D eigenvalue weighted by atomic mass is 16.5. The second-order valence-electron chi connectivity index (χ2n) is 8.95. The maximum Gasteiger partial charge on any atom is 0.224 e. The van der Waals surface area contributed by atoms with Gasteiger partial charge in [-0.25, -0.2) is 4.68 Å². The first-order valence-electron chi connectivity index (χ1n) is 12.7. The highest BCUT2D eigenvalue weighted by molar-refractivity contribution is 5.94. The number of rotatable bonds is 9. The van der Waals surface area contributed by atoms with Gasteiger partial charge in [0.2, 0.25) is 11.8 Å². The minimum Gasteiger partial charge on any atom is -0.494 e. The Bertz CT molecular complexity index is 1180. The van der Waals surface area contributed by atoms with Gasteiger partial charge in [0.1, 0.15) is 11.4 Å². The third-order valence-corrected chi connectivity index (χ3v) is 6.51. The largest absolute Gasteiger partial charge is 0.494 e. The number of aromatic nitrogens is 2. The summed E-state index contributed by atoms with van der Waals surface area (Å²) in [7, 11) is 0. The molecule has 0 bridgehead atoms. The van der Waals surface area contributed by atoms with E-state index in [1.807, 2.05) is 80.1 Å². The van der Waals surface area contributed by atoms with E-state index in [9.17, 15) is 9.59 Å². The van der Waals surface area contributed by atoms with Gasteiger partial charge in [-0.3, -0.25) is 9.59 Å². The van der Waals surface area contributed by atoms with Gasteiger partial charge in [-0.2, -0.15) is 5.10 Å². The van der Waals surface area contributed by atoms with Crippen LogP contribution in [0.3, 0.4) is 0 Å². The van der Waals surface area contributed by atoms with Gasteiger partial charge in [0.25, 0.3) is 0 Å². The number of nitrogens with zero attached hydrogens (tertiary/aromatic N) is 3. The molecule has 2 heterocycles. The van der Waals surface area contributed by atoms with Crippen LogP contribution < -0.4 is 20.3 Å². The van der Waals surface area contributed by atoms with Crippen LogP contribution in [0.15, 0.2) is 54.6 Å². The fourth-order valence-corrected chi connectivity index (χ4v) is 4.56. The van der Waals surface area contributed by atoms with E-state index < -0.39 is 0 Å². The number of nitrogens with one attached hydrogen (secondary N) is 2. The molecule has 0 saturated carbocycles. The molecule has 1 saturated heterocycles. The monoisotopic (exact) mass is 489 g/mol. The number of hydrogen-bond acceptors (Lipinski definition) is 5. The van der Waals surface area contributed by atoms with Gasteiger partial charge < -0.3 is 20.3 Å². The average molecular weight is 490 g/mol. The Morgan fingerprint density at radius 1 is 1.03 bits per heavy atom. The highest BCUT2D eigenvalue weighted by Crippen LogP contribution is 2.35. The van der Waals surface area contributed by atoms with Crippen LogP contribution in [-0.2, 0) is 16.1 Å². The molecule has 4 rings (SSSR count). The number of hydrogen-bond donors (Lipinski definition) is 2. The Hall–Kier alpha value is -3.81. The lowest BCUT2D eigenvalue weighted by molar-refractivity contribution is -0.125. The smallest absolute Gasteiger partial charge is 0.224 e. The number of para-hydroxylation sites is 2. The van der Waals surface area contributed by atoms with E-state index in [1.54, 1.807) is 0 Å². The van der Waals surface area contributed by atoms with Crippen molar-refractivity contribution in [2.75, 3.05) is 29.9 Å². The number of benzene rings is 2. The first-order chi connectivity index (χ1) is 17.5. The Kier molecular flexibility index (Phi) is 8.25. The van der Waals surface area contributed by atoms with Gasteiger partial charge in [-0.15, -0.1) is 0 Å². The van der Waals surface area contributed by atoms with E-state index in [4.69, 9.17) is 9.84 Å². The molecule has 36 heavy (non-hydrogen) atoms. The van der Waals surface area contributed by atoms with Gasteiger partial charge in [-0.05, 0) is 44.9 Å². The molecule has 3 aromatic rings. The lowest BCUT2D eigenvalue weighted by atomic mass is 9.95. The van der Waals surface area contributed by atoms with Crippen molar-refractivity contribution in [3.05, 3.63) is 65.9 Å². The lowest BCUT2D eigenvalue weighted by Crippen LogP contribution is -2.41. The van der Waals surface area contributed by atoms with E-state index >= 15 is 0 Å². The third-order valence-electron chi connectivity index (χ3n) is 6.51. The molecule has 8 nitrogen and oxygen atoms in total. The van der Waals surface area contributed by atoms with Crippen molar-refractivity contribution >= 4 is 23.3 Å². The van der Waals surface area contributed by atoms with Crippen LogP contribution >= 0.6 is 0 Å². The number of carbonyl (C=O) groups is 2. The van der Waals surface area contributed by atoms with Crippen molar-refractivity contribution < 1.29 is 14.3 Å². The highest BCUT2D eigenvalue weighted by Gasteiger charge is 2.30. The van der Waals surface area contributed by atoms with Gasteiger partial charge in [0.15, 0.2) is 5.82 Å². The molecule has 1 aliphatic rings. The number of ether oxygens (including phenoxy) is 1. The number of piperidine rings is 1. The first-order valence-corrected chi connectivity index (χ1v) is 12.7. The topological polar surface area (TPSA) is 88.5 Å². The van der Waals surface area contributed by atoms with E-state index in [1.165, 1.54) is 0 Å². The predicted octanol–water partition coefficient (Wildman–Crippen LogP) is 4.46. The van der Waals surface area contributed by atoms with Crippen LogP contribution in [0.5, 0.6) is 5.75 Å². The molecule has 2 aromatic carbocycles. The quantitative estimate of drug-likeness (QED) is 0.463. The van der Waals surface area contributed by atoms with Gasteiger partial charge >= 0.3 is 0 Å². The summed E-state index contributed by atoms with van der Waals surface area (Å²) in [4.78, 5) is 27.5. The van der Waals surface area contributed by atoms with Crippen LogP contribution in [0.1, 0.15) is 44.4 Å². The Labute approximate surface area is 212 Å². The lowest BCUT2D eigenvalue weighted by Gasteiger charge is -2.33. The summed E-state index contributed by atoms with van der Waals surface area (Å²) in [6, 6.07) is 17.7. The molecule has 0 atom stereocenters. The summed E-state index contributed by atoms with van der Waals surface area (Å²) < 4.78 is 7.57. The van der Waals surface area contributed by atoms with Crippen molar-refractivity contribution in [1.82, 2.24) is 15.1 Å². The first kappa shape index (κ1) is 25.3.